The van der Waals surface area contributed by atoms with Gasteiger partial charge in [0.25, 0.3) is 5.91 Å². The molecule has 0 saturated heterocycles. The third kappa shape index (κ3) is 4.85. The fourth-order valence-electron chi connectivity index (χ4n) is 2.83. The lowest BCUT2D eigenvalue weighted by atomic mass is 9.98. The number of hydrogen-bond donors (Lipinski definition) is 1. The number of nitrogens with one attached hydrogen (secondary N) is 1. The van der Waals surface area contributed by atoms with Crippen LogP contribution in [0.3, 0.4) is 0 Å². The van der Waals surface area contributed by atoms with E-state index in [4.69, 9.17) is 9.47 Å². The van der Waals surface area contributed by atoms with Gasteiger partial charge < -0.3 is 14.8 Å². The van der Waals surface area contributed by atoms with E-state index >= 15 is 0 Å². The second-order valence-corrected chi connectivity index (χ2v) is 6.09. The van der Waals surface area contributed by atoms with E-state index in [2.05, 4.69) is 10.3 Å². The van der Waals surface area contributed by atoms with E-state index in [1.165, 1.54) is 0 Å². The van der Waals surface area contributed by atoms with E-state index < -0.39 is 0 Å². The van der Waals surface area contributed by atoms with Crippen molar-refractivity contribution in [3.8, 4) is 11.5 Å². The van der Waals surface area contributed by atoms with E-state index in [0.717, 1.165) is 22.6 Å². The van der Waals surface area contributed by atoms with Crippen LogP contribution in [0.15, 0.2) is 73.1 Å². The summed E-state index contributed by atoms with van der Waals surface area (Å²) in [6.45, 7) is 0. The van der Waals surface area contributed by atoms with Gasteiger partial charge in [0.05, 0.1) is 20.3 Å². The van der Waals surface area contributed by atoms with Crippen molar-refractivity contribution in [3.05, 3.63) is 89.7 Å². The molecule has 138 valence electrons. The predicted octanol–water partition coefficient (Wildman–Crippen LogP) is 3.81. The molecule has 0 aliphatic heterocycles. The number of carbonyl (C=O) groups is 1. The molecule has 0 spiro atoms. The average Bonchev–Trinajstić information content (AvgIpc) is 2.74. The van der Waals surface area contributed by atoms with E-state index in [-0.39, 0.29) is 11.9 Å². The third-order valence-corrected chi connectivity index (χ3v) is 4.36. The fraction of sp³-hybridized carbons (Fsp3) is 0.182. The second-order valence-electron chi connectivity index (χ2n) is 6.09. The smallest absolute Gasteiger partial charge is 0.251 e. The molecule has 5 nitrogen and oxygen atoms in total. The minimum atomic E-state index is -0.176. The van der Waals surface area contributed by atoms with Crippen molar-refractivity contribution in [1.29, 1.82) is 0 Å². The minimum Gasteiger partial charge on any atom is -0.497 e. The first kappa shape index (κ1) is 18.5. The fourth-order valence-corrected chi connectivity index (χ4v) is 2.83. The van der Waals surface area contributed by atoms with Crippen LogP contribution in [0.1, 0.15) is 27.5 Å². The number of methoxy groups -OCH3 is 2. The molecular formula is C22H22N2O3. The first-order valence-corrected chi connectivity index (χ1v) is 8.67. The van der Waals surface area contributed by atoms with Gasteiger partial charge in [0, 0.05) is 18.0 Å². The highest BCUT2D eigenvalue weighted by Gasteiger charge is 2.17. The Hall–Kier alpha value is -3.34. The van der Waals surface area contributed by atoms with Crippen LogP contribution in [0.5, 0.6) is 11.5 Å². The Labute approximate surface area is 159 Å². The van der Waals surface area contributed by atoms with Crippen LogP contribution in [-0.2, 0) is 6.42 Å². The van der Waals surface area contributed by atoms with Crippen LogP contribution in [0, 0.1) is 0 Å². The summed E-state index contributed by atoms with van der Waals surface area (Å²) in [5.74, 6) is 1.45. The standard InChI is InChI=1S/C22H22N2O3/c1-26-19-7-3-16(4-8-19)15-21(17-5-9-20(27-2)10-6-17)24-22(25)18-11-13-23-14-12-18/h3-14,21H,15H2,1-2H3,(H,24,25). The maximum Gasteiger partial charge on any atom is 0.251 e. The molecule has 1 atom stereocenters. The summed E-state index contributed by atoms with van der Waals surface area (Å²) < 4.78 is 10.5. The largest absolute Gasteiger partial charge is 0.497 e. The molecule has 1 N–H and O–H groups in total. The van der Waals surface area contributed by atoms with Crippen LogP contribution in [0.25, 0.3) is 0 Å². The molecule has 3 aromatic rings. The number of amides is 1. The molecule has 0 radical (unpaired) electrons. The van der Waals surface area contributed by atoms with Gasteiger partial charge in [-0.25, -0.2) is 0 Å². The summed E-state index contributed by atoms with van der Waals surface area (Å²) in [4.78, 5) is 16.6. The maximum absolute atomic E-state index is 12.7. The molecule has 3 rings (SSSR count). The summed E-state index contributed by atoms with van der Waals surface area (Å²) in [7, 11) is 3.28. The maximum atomic E-state index is 12.7. The van der Waals surface area contributed by atoms with E-state index in [9.17, 15) is 4.79 Å². The van der Waals surface area contributed by atoms with Gasteiger partial charge in [-0.15, -0.1) is 0 Å². The molecule has 1 unspecified atom stereocenters. The lowest BCUT2D eigenvalue weighted by Crippen LogP contribution is -2.30. The Morgan fingerprint density at radius 2 is 1.44 bits per heavy atom. The Balaban J connectivity index is 1.83. The number of rotatable bonds is 7. The number of pyridine rings is 1. The molecule has 0 saturated carbocycles. The highest BCUT2D eigenvalue weighted by molar-refractivity contribution is 5.94. The summed E-state index contributed by atoms with van der Waals surface area (Å²) in [6.07, 6.45) is 3.88. The van der Waals surface area contributed by atoms with Crippen molar-refractivity contribution in [2.75, 3.05) is 14.2 Å². The molecule has 1 amide bonds. The second kappa shape index (κ2) is 8.85. The zero-order chi connectivity index (χ0) is 19.1. The normalized spacial score (nSPS) is 11.5. The molecule has 27 heavy (non-hydrogen) atoms. The summed E-state index contributed by atoms with van der Waals surface area (Å²) >= 11 is 0. The van der Waals surface area contributed by atoms with E-state index in [1.807, 2.05) is 48.5 Å². The molecule has 1 aromatic heterocycles. The van der Waals surface area contributed by atoms with Crippen LogP contribution >= 0.6 is 0 Å². The molecule has 0 aliphatic rings. The molecule has 0 aliphatic carbocycles. The average molecular weight is 362 g/mol. The Kier molecular flexibility index (Phi) is 6.05. The lowest BCUT2D eigenvalue weighted by molar-refractivity contribution is 0.0936. The first-order valence-electron chi connectivity index (χ1n) is 8.67. The number of benzene rings is 2. The number of aromatic nitrogens is 1. The SMILES string of the molecule is COc1ccc(CC(NC(=O)c2ccncc2)c2ccc(OC)cc2)cc1. The monoisotopic (exact) mass is 362 g/mol. The van der Waals surface area contributed by atoms with Crippen LogP contribution in [0.4, 0.5) is 0 Å². The zero-order valence-electron chi connectivity index (χ0n) is 15.4. The van der Waals surface area contributed by atoms with Gasteiger partial charge in [-0.2, -0.15) is 0 Å². The highest BCUT2D eigenvalue weighted by Crippen LogP contribution is 2.23. The predicted molar refractivity (Wildman–Crippen MR) is 104 cm³/mol. The Bertz CT molecular complexity index is 862. The molecular weight excluding hydrogens is 340 g/mol. The van der Waals surface area contributed by atoms with Crippen molar-refractivity contribution < 1.29 is 14.3 Å². The molecule has 5 heteroatoms. The van der Waals surface area contributed by atoms with Gasteiger partial charge in [-0.3, -0.25) is 9.78 Å². The number of ether oxygens (including phenoxy) is 2. The molecule has 2 aromatic carbocycles. The third-order valence-electron chi connectivity index (χ3n) is 4.36. The summed E-state index contributed by atoms with van der Waals surface area (Å²) in [5.41, 5.74) is 2.69. The quantitative estimate of drug-likeness (QED) is 0.694. The topological polar surface area (TPSA) is 60.5 Å². The van der Waals surface area contributed by atoms with Crippen LogP contribution in [-0.4, -0.2) is 25.1 Å². The van der Waals surface area contributed by atoms with Crippen molar-refractivity contribution in [2.24, 2.45) is 0 Å². The zero-order valence-corrected chi connectivity index (χ0v) is 15.4. The van der Waals surface area contributed by atoms with Crippen molar-refractivity contribution in [3.63, 3.8) is 0 Å². The molecule has 1 heterocycles. The van der Waals surface area contributed by atoms with Crippen molar-refractivity contribution in [1.82, 2.24) is 10.3 Å². The number of nitrogens with zero attached hydrogens (tertiary/aromatic N) is 1. The Morgan fingerprint density at radius 1 is 0.889 bits per heavy atom. The molecule has 0 fully saturated rings. The summed E-state index contributed by atoms with van der Waals surface area (Å²) in [5, 5.41) is 3.13. The van der Waals surface area contributed by atoms with Gasteiger partial charge in [-0.1, -0.05) is 24.3 Å². The van der Waals surface area contributed by atoms with Gasteiger partial charge in [0.15, 0.2) is 0 Å². The number of hydrogen-bond acceptors (Lipinski definition) is 4. The van der Waals surface area contributed by atoms with Crippen LogP contribution < -0.4 is 14.8 Å². The lowest BCUT2D eigenvalue weighted by Gasteiger charge is -2.20. The first-order chi connectivity index (χ1) is 13.2. The van der Waals surface area contributed by atoms with Gasteiger partial charge in [0.2, 0.25) is 0 Å². The van der Waals surface area contributed by atoms with E-state index in [0.29, 0.717) is 12.0 Å². The molecule has 0 bridgehead atoms. The van der Waals surface area contributed by atoms with Gasteiger partial charge >= 0.3 is 0 Å². The van der Waals surface area contributed by atoms with Gasteiger partial charge in [-0.05, 0) is 53.9 Å². The van der Waals surface area contributed by atoms with Crippen molar-refractivity contribution in [2.45, 2.75) is 12.5 Å². The minimum absolute atomic E-state index is 0.133. The van der Waals surface area contributed by atoms with E-state index in [1.54, 1.807) is 38.7 Å². The highest BCUT2D eigenvalue weighted by atomic mass is 16.5. The summed E-state index contributed by atoms with van der Waals surface area (Å²) in [6, 6.07) is 18.8. The Morgan fingerprint density at radius 3 is 2.00 bits per heavy atom. The van der Waals surface area contributed by atoms with Crippen LogP contribution in [0.2, 0.25) is 0 Å². The number of carbonyl (C=O) groups excluding carboxylic acids is 1. The van der Waals surface area contributed by atoms with Crippen molar-refractivity contribution >= 4 is 5.91 Å². The van der Waals surface area contributed by atoms with Gasteiger partial charge in [0.1, 0.15) is 11.5 Å².